The number of allylic oxidation sites excluding steroid dienone is 1. The molecule has 0 aromatic heterocycles. The fourth-order valence-corrected chi connectivity index (χ4v) is 4.19. The molecular formula is C23H22N2O3. The Kier molecular flexibility index (Phi) is 4.00. The highest BCUT2D eigenvalue weighted by atomic mass is 16.2. The molecule has 0 saturated heterocycles. The molecule has 0 radical (unpaired) electrons. The summed E-state index contributed by atoms with van der Waals surface area (Å²) < 4.78 is 0. The highest BCUT2D eigenvalue weighted by molar-refractivity contribution is 6.23. The first-order valence-electron chi connectivity index (χ1n) is 9.29. The average molecular weight is 374 g/mol. The van der Waals surface area contributed by atoms with Gasteiger partial charge < -0.3 is 4.90 Å². The van der Waals surface area contributed by atoms with E-state index in [1.807, 2.05) is 52.0 Å². The Bertz CT molecular complexity index is 1030. The molecule has 0 N–H and O–H groups in total. The van der Waals surface area contributed by atoms with Crippen molar-refractivity contribution in [2.45, 2.75) is 33.2 Å². The summed E-state index contributed by atoms with van der Waals surface area (Å²) in [6.07, 6.45) is 2.05. The van der Waals surface area contributed by atoms with Crippen LogP contribution in [0.5, 0.6) is 0 Å². The molecule has 2 aliphatic heterocycles. The summed E-state index contributed by atoms with van der Waals surface area (Å²) in [5.41, 5.74) is 4.08. The predicted octanol–water partition coefficient (Wildman–Crippen LogP) is 3.82. The number of fused-ring (bicyclic) bond motifs is 2. The Balaban J connectivity index is 1.70. The maximum absolute atomic E-state index is 13.3. The maximum Gasteiger partial charge on any atom is 0.262 e. The van der Waals surface area contributed by atoms with Crippen molar-refractivity contribution in [3.8, 4) is 0 Å². The Morgan fingerprint density at radius 3 is 2.14 bits per heavy atom. The Labute approximate surface area is 164 Å². The highest BCUT2D eigenvalue weighted by Gasteiger charge is 2.41. The van der Waals surface area contributed by atoms with Crippen LogP contribution in [0, 0.1) is 6.92 Å². The van der Waals surface area contributed by atoms with Gasteiger partial charge in [0, 0.05) is 5.56 Å². The summed E-state index contributed by atoms with van der Waals surface area (Å²) >= 11 is 0. The number of benzene rings is 2. The van der Waals surface area contributed by atoms with Crippen LogP contribution in [0.2, 0.25) is 0 Å². The normalized spacial score (nSPS) is 17.4. The van der Waals surface area contributed by atoms with Crippen LogP contribution < -0.4 is 4.90 Å². The minimum Gasteiger partial charge on any atom is -0.301 e. The molecule has 0 fully saturated rings. The number of rotatable bonds is 2. The van der Waals surface area contributed by atoms with Crippen LogP contribution in [0.15, 0.2) is 48.5 Å². The lowest BCUT2D eigenvalue weighted by Gasteiger charge is -2.42. The number of aryl methyl sites for hydroxylation is 1. The second-order valence-corrected chi connectivity index (χ2v) is 7.97. The summed E-state index contributed by atoms with van der Waals surface area (Å²) in [5, 5.41) is 0. The number of hydrogen-bond donors (Lipinski definition) is 0. The molecule has 0 atom stereocenters. The molecule has 5 nitrogen and oxygen atoms in total. The molecule has 0 aliphatic carbocycles. The van der Waals surface area contributed by atoms with Gasteiger partial charge in [0.15, 0.2) is 0 Å². The van der Waals surface area contributed by atoms with Gasteiger partial charge in [0.2, 0.25) is 5.91 Å². The number of anilines is 1. The average Bonchev–Trinajstić information content (AvgIpc) is 2.86. The third kappa shape index (κ3) is 2.66. The number of imide groups is 1. The zero-order valence-electron chi connectivity index (χ0n) is 16.4. The molecule has 28 heavy (non-hydrogen) atoms. The van der Waals surface area contributed by atoms with E-state index < -0.39 is 17.4 Å². The van der Waals surface area contributed by atoms with E-state index in [2.05, 4.69) is 0 Å². The SMILES string of the molecule is CC1=CC(C)(C)N(C(=O)CN2C(=O)c3ccccc3C2=O)c2cc(C)ccc21. The minimum atomic E-state index is -0.569. The molecule has 2 aromatic carbocycles. The van der Waals surface area contributed by atoms with Crippen LogP contribution in [-0.2, 0) is 4.79 Å². The summed E-state index contributed by atoms with van der Waals surface area (Å²) in [6, 6.07) is 12.7. The monoisotopic (exact) mass is 374 g/mol. The summed E-state index contributed by atoms with van der Waals surface area (Å²) in [4.78, 5) is 41.4. The molecule has 2 aromatic rings. The van der Waals surface area contributed by atoms with Gasteiger partial charge in [-0.2, -0.15) is 0 Å². The predicted molar refractivity (Wildman–Crippen MR) is 108 cm³/mol. The smallest absolute Gasteiger partial charge is 0.262 e. The van der Waals surface area contributed by atoms with E-state index in [4.69, 9.17) is 0 Å². The van der Waals surface area contributed by atoms with Crippen LogP contribution in [0.1, 0.15) is 52.6 Å². The molecule has 142 valence electrons. The van der Waals surface area contributed by atoms with E-state index >= 15 is 0 Å². The number of hydrogen-bond acceptors (Lipinski definition) is 3. The van der Waals surface area contributed by atoms with Gasteiger partial charge in [-0.1, -0.05) is 30.3 Å². The molecule has 0 saturated carbocycles. The quantitative estimate of drug-likeness (QED) is 0.751. The number of carbonyl (C=O) groups is 3. The highest BCUT2D eigenvalue weighted by Crippen LogP contribution is 2.39. The van der Waals surface area contributed by atoms with Gasteiger partial charge in [-0.15, -0.1) is 0 Å². The van der Waals surface area contributed by atoms with E-state index in [1.54, 1.807) is 29.2 Å². The van der Waals surface area contributed by atoms with Crippen LogP contribution in [-0.4, -0.2) is 34.7 Å². The second kappa shape index (κ2) is 6.16. The Hall–Kier alpha value is -3.21. The number of amides is 3. The van der Waals surface area contributed by atoms with Crippen molar-refractivity contribution in [1.29, 1.82) is 0 Å². The number of nitrogens with zero attached hydrogens (tertiary/aromatic N) is 2. The molecule has 0 spiro atoms. The van der Waals surface area contributed by atoms with E-state index in [-0.39, 0.29) is 12.5 Å². The van der Waals surface area contributed by atoms with Gasteiger partial charge in [-0.25, -0.2) is 0 Å². The van der Waals surface area contributed by atoms with Crippen molar-refractivity contribution in [3.63, 3.8) is 0 Å². The third-order valence-corrected chi connectivity index (χ3v) is 5.39. The van der Waals surface area contributed by atoms with E-state index in [0.29, 0.717) is 11.1 Å². The summed E-state index contributed by atoms with van der Waals surface area (Å²) in [5.74, 6) is -1.12. The Morgan fingerprint density at radius 1 is 0.929 bits per heavy atom. The van der Waals surface area contributed by atoms with Crippen LogP contribution in [0.3, 0.4) is 0 Å². The largest absolute Gasteiger partial charge is 0.301 e. The zero-order chi connectivity index (χ0) is 20.2. The van der Waals surface area contributed by atoms with Crippen molar-refractivity contribution < 1.29 is 14.4 Å². The van der Waals surface area contributed by atoms with Gasteiger partial charge in [-0.05, 0) is 57.0 Å². The minimum absolute atomic E-state index is 0.282. The van der Waals surface area contributed by atoms with Crippen molar-refractivity contribution in [2.75, 3.05) is 11.4 Å². The standard InChI is InChI=1S/C23H22N2O3/c1-14-9-10-16-15(2)12-23(3,4)25(19(16)11-14)20(26)13-24-21(27)17-7-5-6-8-18(17)22(24)28/h5-12H,13H2,1-4H3. The van der Waals surface area contributed by atoms with Gasteiger partial charge in [-0.3, -0.25) is 19.3 Å². The van der Waals surface area contributed by atoms with Crippen molar-refractivity contribution in [2.24, 2.45) is 0 Å². The lowest BCUT2D eigenvalue weighted by molar-refractivity contribution is -0.119. The fourth-order valence-electron chi connectivity index (χ4n) is 4.19. The molecule has 0 bridgehead atoms. The van der Waals surface area contributed by atoms with E-state index in [9.17, 15) is 14.4 Å². The summed E-state index contributed by atoms with van der Waals surface area (Å²) in [7, 11) is 0. The molecule has 0 unspecified atom stereocenters. The van der Waals surface area contributed by atoms with Crippen LogP contribution in [0.4, 0.5) is 5.69 Å². The Morgan fingerprint density at radius 2 is 1.54 bits per heavy atom. The fraction of sp³-hybridized carbons (Fsp3) is 0.261. The van der Waals surface area contributed by atoms with E-state index in [1.165, 1.54) is 0 Å². The van der Waals surface area contributed by atoms with Gasteiger partial charge >= 0.3 is 0 Å². The molecular weight excluding hydrogens is 352 g/mol. The van der Waals surface area contributed by atoms with Gasteiger partial charge in [0.05, 0.1) is 22.4 Å². The van der Waals surface area contributed by atoms with E-state index in [0.717, 1.165) is 27.3 Å². The molecule has 2 heterocycles. The maximum atomic E-state index is 13.3. The topological polar surface area (TPSA) is 57.7 Å². The van der Waals surface area contributed by atoms with Crippen molar-refractivity contribution in [3.05, 3.63) is 70.8 Å². The van der Waals surface area contributed by atoms with Crippen LogP contribution in [0.25, 0.3) is 5.57 Å². The van der Waals surface area contributed by atoms with Crippen molar-refractivity contribution in [1.82, 2.24) is 4.90 Å². The first kappa shape index (κ1) is 18.2. The van der Waals surface area contributed by atoms with Crippen LogP contribution >= 0.6 is 0 Å². The summed E-state index contributed by atoms with van der Waals surface area (Å²) in [6.45, 7) is 7.65. The molecule has 5 heteroatoms. The molecule has 4 rings (SSSR count). The van der Waals surface area contributed by atoms with Gasteiger partial charge in [0.25, 0.3) is 11.8 Å². The van der Waals surface area contributed by atoms with Gasteiger partial charge in [0.1, 0.15) is 6.54 Å². The first-order valence-corrected chi connectivity index (χ1v) is 9.29. The zero-order valence-corrected chi connectivity index (χ0v) is 16.4. The molecule has 2 aliphatic rings. The lowest BCUT2D eigenvalue weighted by atomic mass is 9.88. The third-order valence-electron chi connectivity index (χ3n) is 5.39. The number of carbonyl (C=O) groups excluding carboxylic acids is 3. The lowest BCUT2D eigenvalue weighted by Crippen LogP contribution is -2.53. The van der Waals surface area contributed by atoms with Crippen molar-refractivity contribution >= 4 is 29.0 Å². The first-order chi connectivity index (χ1) is 13.2. The second-order valence-electron chi connectivity index (χ2n) is 7.97. The molecule has 3 amide bonds.